The van der Waals surface area contributed by atoms with Gasteiger partial charge < -0.3 is 15.4 Å². The van der Waals surface area contributed by atoms with Crippen LogP contribution in [0.25, 0.3) is 0 Å². The van der Waals surface area contributed by atoms with Crippen LogP contribution < -0.4 is 10.6 Å². The van der Waals surface area contributed by atoms with E-state index in [4.69, 9.17) is 4.74 Å². The van der Waals surface area contributed by atoms with Gasteiger partial charge in [0.2, 0.25) is 5.91 Å². The molecule has 1 aromatic heterocycles. The van der Waals surface area contributed by atoms with Gasteiger partial charge in [-0.2, -0.15) is 11.3 Å². The first-order chi connectivity index (χ1) is 9.24. The molecule has 1 aromatic rings. The molecule has 2 N–H and O–H groups in total. The summed E-state index contributed by atoms with van der Waals surface area (Å²) in [5.41, 5.74) is 1.19. The van der Waals surface area contributed by atoms with Crippen LogP contribution in [0, 0.1) is 5.41 Å². The number of rotatable bonds is 6. The summed E-state index contributed by atoms with van der Waals surface area (Å²) in [7, 11) is 1.73. The number of hydrogen-bond donors (Lipinski definition) is 2. The molecule has 1 aliphatic rings. The smallest absolute Gasteiger partial charge is 0.224 e. The number of hydrogen-bond acceptors (Lipinski definition) is 4. The van der Waals surface area contributed by atoms with E-state index in [-0.39, 0.29) is 23.7 Å². The molecule has 0 bridgehead atoms. The molecule has 114 valence electrons. The first kappa shape index (κ1) is 17.4. The summed E-state index contributed by atoms with van der Waals surface area (Å²) < 4.78 is 5.35. The number of nitrogens with one attached hydrogen (secondary N) is 2. The summed E-state index contributed by atoms with van der Waals surface area (Å²) in [6.07, 6.45) is 2.59. The van der Waals surface area contributed by atoms with Crippen LogP contribution in [0.15, 0.2) is 16.8 Å². The number of piperidine rings is 1. The maximum atomic E-state index is 11.9. The molecule has 1 fully saturated rings. The molecule has 0 aliphatic carbocycles. The average Bonchev–Trinajstić information content (AvgIpc) is 2.91. The Kier molecular flexibility index (Phi) is 7.51. The normalized spacial score (nSPS) is 17.2. The van der Waals surface area contributed by atoms with Crippen molar-refractivity contribution in [2.45, 2.75) is 19.3 Å². The molecule has 1 aliphatic heterocycles. The average molecular weight is 319 g/mol. The van der Waals surface area contributed by atoms with Crippen LogP contribution in [0.1, 0.15) is 18.4 Å². The summed E-state index contributed by atoms with van der Waals surface area (Å²) in [4.78, 5) is 11.9. The third-order valence-electron chi connectivity index (χ3n) is 3.72. The number of halogens is 1. The Balaban J connectivity index is 0.00000200. The lowest BCUT2D eigenvalue weighted by atomic mass is 9.79. The molecule has 20 heavy (non-hydrogen) atoms. The molecular weight excluding hydrogens is 296 g/mol. The summed E-state index contributed by atoms with van der Waals surface area (Å²) in [5, 5.41) is 10.5. The van der Waals surface area contributed by atoms with Crippen molar-refractivity contribution in [3.63, 3.8) is 0 Å². The second-order valence-electron chi connectivity index (χ2n) is 5.27. The largest absolute Gasteiger partial charge is 0.384 e. The number of carbonyl (C=O) groups excluding carboxylic acids is 1. The monoisotopic (exact) mass is 318 g/mol. The molecule has 0 aromatic carbocycles. The lowest BCUT2D eigenvalue weighted by Gasteiger charge is -2.37. The molecular formula is C14H23ClN2O2S. The lowest BCUT2D eigenvalue weighted by Crippen LogP contribution is -2.47. The van der Waals surface area contributed by atoms with Gasteiger partial charge in [-0.25, -0.2) is 0 Å². The zero-order valence-electron chi connectivity index (χ0n) is 11.8. The van der Waals surface area contributed by atoms with Crippen LogP contribution in [0.2, 0.25) is 0 Å². The minimum atomic E-state index is 0. The molecule has 0 radical (unpaired) electrons. The third-order valence-corrected chi connectivity index (χ3v) is 4.45. The molecule has 6 heteroatoms. The second-order valence-corrected chi connectivity index (χ2v) is 6.05. The highest BCUT2D eigenvalue weighted by molar-refractivity contribution is 7.07. The standard InChI is InChI=1S/C14H22N2O2S.ClH/c1-18-11-14(3-5-15-6-4-14)10-16-13(17)8-12-2-7-19-9-12;/h2,7,9,15H,3-6,8,10-11H2,1H3,(H,16,17);1H. The highest BCUT2D eigenvalue weighted by Crippen LogP contribution is 2.28. The van der Waals surface area contributed by atoms with Gasteiger partial charge in [-0.15, -0.1) is 12.4 Å². The summed E-state index contributed by atoms with van der Waals surface area (Å²) >= 11 is 1.63. The second kappa shape index (κ2) is 8.62. The van der Waals surface area contributed by atoms with E-state index in [1.807, 2.05) is 16.8 Å². The lowest BCUT2D eigenvalue weighted by molar-refractivity contribution is -0.121. The molecule has 0 atom stereocenters. The minimum Gasteiger partial charge on any atom is -0.384 e. The van der Waals surface area contributed by atoms with E-state index in [1.54, 1.807) is 18.4 Å². The Bertz CT molecular complexity index is 386. The van der Waals surface area contributed by atoms with Crippen LogP contribution in [0.4, 0.5) is 0 Å². The number of methoxy groups -OCH3 is 1. The first-order valence-electron chi connectivity index (χ1n) is 6.72. The molecule has 0 spiro atoms. The number of thiophene rings is 1. The number of ether oxygens (including phenoxy) is 1. The van der Waals surface area contributed by atoms with Gasteiger partial charge in [-0.1, -0.05) is 0 Å². The van der Waals surface area contributed by atoms with Gasteiger partial charge in [0.1, 0.15) is 0 Å². The third kappa shape index (κ3) is 5.05. The van der Waals surface area contributed by atoms with E-state index in [2.05, 4.69) is 10.6 Å². The van der Waals surface area contributed by atoms with Gasteiger partial charge in [-0.05, 0) is 48.3 Å². The van der Waals surface area contributed by atoms with Crippen LogP contribution in [-0.2, 0) is 16.0 Å². The van der Waals surface area contributed by atoms with Crippen molar-refractivity contribution in [3.05, 3.63) is 22.4 Å². The van der Waals surface area contributed by atoms with Crippen molar-refractivity contribution < 1.29 is 9.53 Å². The highest BCUT2D eigenvalue weighted by atomic mass is 35.5. The van der Waals surface area contributed by atoms with Gasteiger partial charge in [0, 0.05) is 19.1 Å². The van der Waals surface area contributed by atoms with Crippen LogP contribution in [0.3, 0.4) is 0 Å². The van der Waals surface area contributed by atoms with E-state index < -0.39 is 0 Å². The van der Waals surface area contributed by atoms with Crippen molar-refractivity contribution in [3.8, 4) is 0 Å². The Morgan fingerprint density at radius 2 is 2.25 bits per heavy atom. The van der Waals surface area contributed by atoms with Crippen LogP contribution in [0.5, 0.6) is 0 Å². The van der Waals surface area contributed by atoms with E-state index in [1.165, 1.54) is 0 Å². The van der Waals surface area contributed by atoms with Gasteiger partial charge in [0.15, 0.2) is 0 Å². The predicted molar refractivity (Wildman–Crippen MR) is 84.7 cm³/mol. The zero-order chi connectivity index (χ0) is 13.6. The van der Waals surface area contributed by atoms with Crippen molar-refractivity contribution in [1.29, 1.82) is 0 Å². The van der Waals surface area contributed by atoms with Crippen molar-refractivity contribution in [2.75, 3.05) is 33.4 Å². The number of amides is 1. The quantitative estimate of drug-likeness (QED) is 0.841. The molecule has 0 saturated carbocycles. The summed E-state index contributed by atoms with van der Waals surface area (Å²) in [6, 6.07) is 2.00. The fraction of sp³-hybridized carbons (Fsp3) is 0.643. The molecule has 2 heterocycles. The molecule has 4 nitrogen and oxygen atoms in total. The maximum Gasteiger partial charge on any atom is 0.224 e. The molecule has 1 saturated heterocycles. The van der Waals surface area contributed by atoms with Gasteiger partial charge in [-0.3, -0.25) is 4.79 Å². The van der Waals surface area contributed by atoms with E-state index in [0.29, 0.717) is 19.6 Å². The number of carbonyl (C=O) groups is 1. The zero-order valence-corrected chi connectivity index (χ0v) is 13.4. The Morgan fingerprint density at radius 1 is 1.50 bits per heavy atom. The summed E-state index contributed by atoms with van der Waals surface area (Å²) in [5.74, 6) is 0.104. The van der Waals surface area contributed by atoms with E-state index >= 15 is 0 Å². The Morgan fingerprint density at radius 3 is 2.85 bits per heavy atom. The fourth-order valence-corrected chi connectivity index (χ4v) is 3.23. The Labute approximate surface area is 130 Å². The highest BCUT2D eigenvalue weighted by Gasteiger charge is 2.32. The fourth-order valence-electron chi connectivity index (χ4n) is 2.56. The van der Waals surface area contributed by atoms with Crippen molar-refractivity contribution in [1.82, 2.24) is 10.6 Å². The van der Waals surface area contributed by atoms with Crippen molar-refractivity contribution >= 4 is 29.7 Å². The minimum absolute atomic E-state index is 0. The molecule has 1 amide bonds. The predicted octanol–water partition coefficient (Wildman–Crippen LogP) is 1.84. The summed E-state index contributed by atoms with van der Waals surface area (Å²) in [6.45, 7) is 3.44. The SMILES string of the molecule is COCC1(CNC(=O)Cc2ccsc2)CCNCC1.Cl. The molecule has 0 unspecified atom stereocenters. The maximum absolute atomic E-state index is 11.9. The van der Waals surface area contributed by atoms with E-state index in [0.717, 1.165) is 31.5 Å². The van der Waals surface area contributed by atoms with Crippen molar-refractivity contribution in [2.24, 2.45) is 5.41 Å². The van der Waals surface area contributed by atoms with Gasteiger partial charge >= 0.3 is 0 Å². The van der Waals surface area contributed by atoms with Crippen LogP contribution >= 0.6 is 23.7 Å². The van der Waals surface area contributed by atoms with Gasteiger partial charge in [0.05, 0.1) is 13.0 Å². The van der Waals surface area contributed by atoms with Crippen LogP contribution in [-0.4, -0.2) is 39.3 Å². The Hall–Kier alpha value is -0.620. The van der Waals surface area contributed by atoms with Gasteiger partial charge in [0.25, 0.3) is 0 Å². The first-order valence-corrected chi connectivity index (χ1v) is 7.66. The molecule has 2 rings (SSSR count). The topological polar surface area (TPSA) is 50.4 Å². The van der Waals surface area contributed by atoms with E-state index in [9.17, 15) is 4.79 Å².